The predicted molar refractivity (Wildman–Crippen MR) is 81.6 cm³/mol. The minimum atomic E-state index is 0.676. The lowest BCUT2D eigenvalue weighted by Crippen LogP contribution is -2.02. The summed E-state index contributed by atoms with van der Waals surface area (Å²) in [6.07, 6.45) is 7.22. The average molecular weight is 280 g/mol. The van der Waals surface area contributed by atoms with E-state index in [-0.39, 0.29) is 0 Å². The number of aryl methyl sites for hydroxylation is 1. The molecular weight excluding hydrogens is 264 g/mol. The highest BCUT2D eigenvalue weighted by Gasteiger charge is 2.09. The third-order valence-corrected chi connectivity index (χ3v) is 3.02. The van der Waals surface area contributed by atoms with Crippen LogP contribution in [0.15, 0.2) is 43.0 Å². The van der Waals surface area contributed by atoms with E-state index in [1.807, 2.05) is 38.4 Å². The Morgan fingerprint density at radius 2 is 1.95 bits per heavy atom. The SMILES string of the molecule is CCNc1cc(-c2cnn(C)c2)nc(-c2ccncc2)n1. The third-order valence-electron chi connectivity index (χ3n) is 3.02. The molecule has 0 fully saturated rings. The largest absolute Gasteiger partial charge is 0.370 e. The second-order valence-corrected chi connectivity index (χ2v) is 4.63. The van der Waals surface area contributed by atoms with Crippen LogP contribution in [-0.4, -0.2) is 31.3 Å². The fourth-order valence-corrected chi connectivity index (χ4v) is 2.05. The Kier molecular flexibility index (Phi) is 3.59. The van der Waals surface area contributed by atoms with Crippen LogP contribution in [-0.2, 0) is 7.05 Å². The van der Waals surface area contributed by atoms with Crippen LogP contribution in [0.5, 0.6) is 0 Å². The van der Waals surface area contributed by atoms with E-state index >= 15 is 0 Å². The smallest absolute Gasteiger partial charge is 0.162 e. The zero-order valence-electron chi connectivity index (χ0n) is 12.0. The van der Waals surface area contributed by atoms with Crippen LogP contribution in [0.1, 0.15) is 6.92 Å². The van der Waals surface area contributed by atoms with E-state index in [0.29, 0.717) is 5.82 Å². The molecule has 0 atom stereocenters. The van der Waals surface area contributed by atoms with Gasteiger partial charge in [0.1, 0.15) is 5.82 Å². The molecule has 3 aromatic rings. The molecule has 3 rings (SSSR count). The first kappa shape index (κ1) is 13.2. The Labute approximate surface area is 122 Å². The Balaban J connectivity index is 2.10. The molecule has 3 heterocycles. The van der Waals surface area contributed by atoms with Gasteiger partial charge in [0.25, 0.3) is 0 Å². The number of aromatic nitrogens is 5. The topological polar surface area (TPSA) is 68.5 Å². The monoisotopic (exact) mass is 280 g/mol. The van der Waals surface area contributed by atoms with Gasteiger partial charge >= 0.3 is 0 Å². The first-order valence-electron chi connectivity index (χ1n) is 6.78. The van der Waals surface area contributed by atoms with Crippen molar-refractivity contribution in [3.05, 3.63) is 43.0 Å². The molecule has 0 aliphatic heterocycles. The number of anilines is 1. The van der Waals surface area contributed by atoms with Gasteiger partial charge in [-0.3, -0.25) is 9.67 Å². The van der Waals surface area contributed by atoms with Crippen molar-refractivity contribution in [2.75, 3.05) is 11.9 Å². The highest BCUT2D eigenvalue weighted by molar-refractivity contribution is 5.66. The summed E-state index contributed by atoms with van der Waals surface area (Å²) in [7, 11) is 1.89. The standard InChI is InChI=1S/C15H16N6/c1-3-17-14-8-13(12-9-18-21(2)10-12)19-15(20-14)11-4-6-16-7-5-11/h4-10H,3H2,1-2H3,(H,17,19,20). The van der Waals surface area contributed by atoms with Crippen LogP contribution in [0.2, 0.25) is 0 Å². The van der Waals surface area contributed by atoms with Gasteiger partial charge in [-0.15, -0.1) is 0 Å². The minimum Gasteiger partial charge on any atom is -0.370 e. The van der Waals surface area contributed by atoms with Gasteiger partial charge in [-0.2, -0.15) is 5.10 Å². The van der Waals surface area contributed by atoms with Crippen molar-refractivity contribution < 1.29 is 0 Å². The molecule has 0 aliphatic rings. The van der Waals surface area contributed by atoms with Gasteiger partial charge in [0, 0.05) is 49.4 Å². The first-order valence-corrected chi connectivity index (χ1v) is 6.78. The number of nitrogens with one attached hydrogen (secondary N) is 1. The Bertz CT molecular complexity index is 735. The van der Waals surface area contributed by atoms with Crippen molar-refractivity contribution >= 4 is 5.82 Å². The van der Waals surface area contributed by atoms with Crippen LogP contribution >= 0.6 is 0 Å². The predicted octanol–water partition coefficient (Wildman–Crippen LogP) is 2.37. The Morgan fingerprint density at radius 1 is 1.14 bits per heavy atom. The van der Waals surface area contributed by atoms with Crippen LogP contribution in [0.25, 0.3) is 22.6 Å². The molecule has 0 bridgehead atoms. The molecule has 3 aromatic heterocycles. The van der Waals surface area contributed by atoms with Crippen molar-refractivity contribution in [2.24, 2.45) is 7.05 Å². The maximum absolute atomic E-state index is 4.64. The van der Waals surface area contributed by atoms with E-state index in [2.05, 4.69) is 25.4 Å². The Hall–Kier alpha value is -2.76. The molecule has 106 valence electrons. The summed E-state index contributed by atoms with van der Waals surface area (Å²) >= 11 is 0. The van der Waals surface area contributed by atoms with Gasteiger partial charge < -0.3 is 5.32 Å². The molecule has 0 aromatic carbocycles. The van der Waals surface area contributed by atoms with Crippen LogP contribution in [0.4, 0.5) is 5.82 Å². The lowest BCUT2D eigenvalue weighted by molar-refractivity contribution is 0.768. The maximum Gasteiger partial charge on any atom is 0.162 e. The molecule has 0 aliphatic carbocycles. The van der Waals surface area contributed by atoms with Crippen molar-refractivity contribution in [2.45, 2.75) is 6.92 Å². The molecule has 0 saturated heterocycles. The molecule has 0 radical (unpaired) electrons. The maximum atomic E-state index is 4.64. The van der Waals surface area contributed by atoms with Crippen LogP contribution < -0.4 is 5.32 Å². The van der Waals surface area contributed by atoms with Gasteiger partial charge in [-0.1, -0.05) is 0 Å². The van der Waals surface area contributed by atoms with E-state index in [1.54, 1.807) is 23.3 Å². The molecule has 6 nitrogen and oxygen atoms in total. The molecule has 1 N–H and O–H groups in total. The minimum absolute atomic E-state index is 0.676. The second-order valence-electron chi connectivity index (χ2n) is 4.63. The fraction of sp³-hybridized carbons (Fsp3) is 0.200. The van der Waals surface area contributed by atoms with E-state index in [1.165, 1.54) is 0 Å². The quantitative estimate of drug-likeness (QED) is 0.794. The van der Waals surface area contributed by atoms with Crippen LogP contribution in [0, 0.1) is 0 Å². The van der Waals surface area contributed by atoms with E-state index < -0.39 is 0 Å². The highest BCUT2D eigenvalue weighted by atomic mass is 15.2. The zero-order chi connectivity index (χ0) is 14.7. The number of hydrogen-bond acceptors (Lipinski definition) is 5. The van der Waals surface area contributed by atoms with E-state index in [0.717, 1.165) is 29.2 Å². The third kappa shape index (κ3) is 2.89. The molecule has 0 saturated carbocycles. The highest BCUT2D eigenvalue weighted by Crippen LogP contribution is 2.23. The lowest BCUT2D eigenvalue weighted by Gasteiger charge is -2.08. The molecule has 0 spiro atoms. The fourth-order valence-electron chi connectivity index (χ4n) is 2.05. The number of pyridine rings is 1. The van der Waals surface area contributed by atoms with E-state index in [4.69, 9.17) is 0 Å². The second kappa shape index (κ2) is 5.70. The van der Waals surface area contributed by atoms with Gasteiger partial charge in [0.2, 0.25) is 0 Å². The van der Waals surface area contributed by atoms with Crippen molar-refractivity contribution in [3.8, 4) is 22.6 Å². The summed E-state index contributed by atoms with van der Waals surface area (Å²) in [5, 5.41) is 7.44. The normalized spacial score (nSPS) is 10.6. The zero-order valence-corrected chi connectivity index (χ0v) is 12.0. The summed E-state index contributed by atoms with van der Waals surface area (Å²) in [6, 6.07) is 5.74. The summed E-state index contributed by atoms with van der Waals surface area (Å²) in [5.74, 6) is 1.48. The summed E-state index contributed by atoms with van der Waals surface area (Å²) in [4.78, 5) is 13.2. The molecule has 21 heavy (non-hydrogen) atoms. The average Bonchev–Trinajstić information content (AvgIpc) is 2.95. The number of hydrogen-bond donors (Lipinski definition) is 1. The Morgan fingerprint density at radius 3 is 2.62 bits per heavy atom. The van der Waals surface area contributed by atoms with Gasteiger partial charge in [-0.25, -0.2) is 9.97 Å². The molecule has 6 heteroatoms. The van der Waals surface area contributed by atoms with Crippen molar-refractivity contribution in [3.63, 3.8) is 0 Å². The molecule has 0 amide bonds. The summed E-state index contributed by atoms with van der Waals surface area (Å²) in [5.41, 5.74) is 2.75. The number of rotatable bonds is 4. The number of nitrogens with zero attached hydrogens (tertiary/aromatic N) is 5. The van der Waals surface area contributed by atoms with Crippen LogP contribution in [0.3, 0.4) is 0 Å². The van der Waals surface area contributed by atoms with Gasteiger partial charge in [0.05, 0.1) is 11.9 Å². The van der Waals surface area contributed by atoms with Crippen molar-refractivity contribution in [1.29, 1.82) is 0 Å². The molecular formula is C15H16N6. The van der Waals surface area contributed by atoms with Gasteiger partial charge in [0.15, 0.2) is 5.82 Å². The lowest BCUT2D eigenvalue weighted by atomic mass is 10.2. The first-order chi connectivity index (χ1) is 10.3. The summed E-state index contributed by atoms with van der Waals surface area (Å²) < 4.78 is 1.76. The van der Waals surface area contributed by atoms with Gasteiger partial charge in [-0.05, 0) is 19.1 Å². The summed E-state index contributed by atoms with van der Waals surface area (Å²) in [6.45, 7) is 2.84. The van der Waals surface area contributed by atoms with E-state index in [9.17, 15) is 0 Å². The molecule has 0 unspecified atom stereocenters. The van der Waals surface area contributed by atoms with Crippen molar-refractivity contribution in [1.82, 2.24) is 24.7 Å².